The Morgan fingerprint density at radius 2 is 1.69 bits per heavy atom. The van der Waals surface area contributed by atoms with Gasteiger partial charge in [0.15, 0.2) is 0 Å². The fourth-order valence-corrected chi connectivity index (χ4v) is 11.0. The Labute approximate surface area is 211 Å². The maximum absolute atomic E-state index is 12.8. The number of carboxylic acid groups (broad SMARTS) is 1. The van der Waals surface area contributed by atoms with Crippen LogP contribution in [0.1, 0.15) is 92.9 Å². The van der Waals surface area contributed by atoms with Crippen LogP contribution in [0.25, 0.3) is 0 Å². The van der Waals surface area contributed by atoms with Gasteiger partial charge in [-0.2, -0.15) is 0 Å². The van der Waals surface area contributed by atoms with Crippen LogP contribution in [0.4, 0.5) is 0 Å². The average Bonchev–Trinajstić information content (AvgIpc) is 2.80. The van der Waals surface area contributed by atoms with Crippen molar-refractivity contribution in [2.24, 2.45) is 56.7 Å². The number of hydrogen-bond acceptors (Lipinski definition) is 4. The van der Waals surface area contributed by atoms with Crippen LogP contribution in [-0.2, 0) is 4.79 Å². The molecule has 0 amide bonds. The van der Waals surface area contributed by atoms with Crippen molar-refractivity contribution in [1.82, 2.24) is 0 Å². The summed E-state index contributed by atoms with van der Waals surface area (Å²) in [7, 11) is 0. The molecule has 0 aromatic carbocycles. The molecule has 35 heavy (non-hydrogen) atoms. The van der Waals surface area contributed by atoms with Crippen LogP contribution in [0.15, 0.2) is 11.6 Å². The van der Waals surface area contributed by atoms with Gasteiger partial charge in [0.05, 0.1) is 24.2 Å². The van der Waals surface area contributed by atoms with Crippen molar-refractivity contribution in [3.8, 4) is 0 Å². The highest BCUT2D eigenvalue weighted by atomic mass is 16.4. The van der Waals surface area contributed by atoms with Crippen LogP contribution in [0, 0.1) is 56.7 Å². The summed E-state index contributed by atoms with van der Waals surface area (Å²) in [6.07, 6.45) is 7.51. The van der Waals surface area contributed by atoms with Crippen molar-refractivity contribution in [1.29, 1.82) is 0 Å². The molecule has 0 aliphatic heterocycles. The summed E-state index contributed by atoms with van der Waals surface area (Å²) in [6.45, 7) is 13.6. The third-order valence-electron chi connectivity index (χ3n) is 13.5. The lowest BCUT2D eigenvalue weighted by atomic mass is 9.33. The van der Waals surface area contributed by atoms with Gasteiger partial charge in [-0.15, -0.1) is 0 Å². The molecule has 5 heteroatoms. The predicted octanol–water partition coefficient (Wildman–Crippen LogP) is 5.03. The Hall–Kier alpha value is -0.910. The fourth-order valence-electron chi connectivity index (χ4n) is 11.0. The van der Waals surface area contributed by atoms with Gasteiger partial charge in [0, 0.05) is 5.41 Å². The van der Waals surface area contributed by atoms with Crippen molar-refractivity contribution in [3.05, 3.63) is 11.6 Å². The second-order valence-electron chi connectivity index (χ2n) is 14.5. The number of carboxylic acids is 1. The van der Waals surface area contributed by atoms with Crippen LogP contribution in [0.3, 0.4) is 0 Å². The number of aliphatic hydroxyl groups is 3. The molecule has 0 aromatic rings. The smallest absolute Gasteiger partial charge is 0.310 e. The van der Waals surface area contributed by atoms with E-state index >= 15 is 0 Å². The number of allylic oxidation sites excluding steroid dienone is 2. The Kier molecular flexibility index (Phi) is 5.73. The van der Waals surface area contributed by atoms with Crippen LogP contribution in [-0.4, -0.2) is 45.2 Å². The number of fused-ring (bicyclic) bond motifs is 7. The first kappa shape index (κ1) is 25.7. The molecule has 0 unspecified atom stereocenters. The van der Waals surface area contributed by atoms with E-state index in [0.29, 0.717) is 24.2 Å². The van der Waals surface area contributed by atoms with Gasteiger partial charge in [-0.1, -0.05) is 53.2 Å². The Balaban J connectivity index is 1.62. The molecule has 5 nitrogen and oxygen atoms in total. The second-order valence-corrected chi connectivity index (χ2v) is 14.5. The molecular formula is C30H48O5. The first-order chi connectivity index (χ1) is 16.2. The zero-order valence-electron chi connectivity index (χ0n) is 22.7. The number of rotatable bonds is 2. The van der Waals surface area contributed by atoms with Gasteiger partial charge < -0.3 is 20.4 Å². The molecule has 4 saturated carbocycles. The number of aliphatic carboxylic acids is 1. The molecule has 5 aliphatic rings. The maximum Gasteiger partial charge on any atom is 0.310 e. The van der Waals surface area contributed by atoms with E-state index in [0.717, 1.165) is 44.9 Å². The second kappa shape index (κ2) is 7.80. The van der Waals surface area contributed by atoms with Crippen molar-refractivity contribution < 1.29 is 25.2 Å². The molecule has 0 heterocycles. The highest BCUT2D eigenvalue weighted by Crippen LogP contribution is 2.75. The van der Waals surface area contributed by atoms with Crippen molar-refractivity contribution >= 4 is 5.97 Å². The lowest BCUT2D eigenvalue weighted by molar-refractivity contribution is -0.244. The molecular weight excluding hydrogens is 440 g/mol. The zero-order chi connectivity index (χ0) is 25.8. The van der Waals surface area contributed by atoms with Crippen molar-refractivity contribution in [3.63, 3.8) is 0 Å². The molecule has 0 spiro atoms. The van der Waals surface area contributed by atoms with Crippen LogP contribution in [0.5, 0.6) is 0 Å². The van der Waals surface area contributed by atoms with E-state index in [1.54, 1.807) is 0 Å². The highest BCUT2D eigenvalue weighted by Gasteiger charge is 2.70. The molecule has 12 atom stereocenters. The molecule has 4 fully saturated rings. The summed E-state index contributed by atoms with van der Waals surface area (Å²) >= 11 is 0. The minimum atomic E-state index is -0.907. The van der Waals surface area contributed by atoms with E-state index in [1.807, 2.05) is 6.92 Å². The van der Waals surface area contributed by atoms with Crippen molar-refractivity contribution in [2.45, 2.75) is 105 Å². The topological polar surface area (TPSA) is 98.0 Å². The van der Waals surface area contributed by atoms with E-state index in [-0.39, 0.29) is 34.7 Å². The minimum absolute atomic E-state index is 0.00815. The molecule has 0 aromatic heterocycles. The van der Waals surface area contributed by atoms with Gasteiger partial charge in [0.25, 0.3) is 0 Å². The van der Waals surface area contributed by atoms with E-state index in [4.69, 9.17) is 0 Å². The summed E-state index contributed by atoms with van der Waals surface area (Å²) in [5.41, 5.74) is -0.214. The standard InChI is InChI=1S/C30H48O5/c1-17-9-12-30(25(34)35)14-13-28(5)19(23(30)18(17)2)7-8-22-26(3)15-20(32)24(33)27(4,16-31)21(26)10-11-29(22,28)6/h7,17-18,20-24,31-33H,8-16H2,1-6H3,(H,34,35)/t17-,18+,20-,21-,22-,23+,24+,26+,27+,28-,29-,30-/m1/s1. The molecule has 0 bridgehead atoms. The van der Waals surface area contributed by atoms with Crippen LogP contribution in [0.2, 0.25) is 0 Å². The van der Waals surface area contributed by atoms with Crippen molar-refractivity contribution in [2.75, 3.05) is 6.61 Å². The van der Waals surface area contributed by atoms with Crippen LogP contribution >= 0.6 is 0 Å². The first-order valence-corrected chi connectivity index (χ1v) is 14.1. The predicted molar refractivity (Wildman–Crippen MR) is 135 cm³/mol. The Morgan fingerprint density at radius 3 is 2.31 bits per heavy atom. The summed E-state index contributed by atoms with van der Waals surface area (Å²) in [5.74, 6) is 0.828. The van der Waals surface area contributed by atoms with Crippen LogP contribution < -0.4 is 0 Å². The van der Waals surface area contributed by atoms with Gasteiger partial charge in [-0.05, 0) is 97.2 Å². The number of aliphatic hydroxyl groups excluding tert-OH is 3. The normalized spacial score (nSPS) is 57.7. The minimum Gasteiger partial charge on any atom is -0.481 e. The molecule has 5 rings (SSSR count). The monoisotopic (exact) mass is 488 g/mol. The lowest BCUT2D eigenvalue weighted by Crippen LogP contribution is -2.68. The van der Waals surface area contributed by atoms with Gasteiger partial charge in [-0.25, -0.2) is 0 Å². The van der Waals surface area contributed by atoms with Gasteiger partial charge in [0.2, 0.25) is 0 Å². The summed E-state index contributed by atoms with van der Waals surface area (Å²) in [4.78, 5) is 12.8. The first-order valence-electron chi connectivity index (χ1n) is 14.1. The fraction of sp³-hybridized carbons (Fsp3) is 0.900. The van der Waals surface area contributed by atoms with Gasteiger partial charge >= 0.3 is 5.97 Å². The molecule has 198 valence electrons. The summed E-state index contributed by atoms with van der Waals surface area (Å²) in [6, 6.07) is 0. The third kappa shape index (κ3) is 2.95. The quantitative estimate of drug-likeness (QED) is 0.409. The van der Waals surface area contributed by atoms with Gasteiger partial charge in [-0.3, -0.25) is 4.79 Å². The Bertz CT molecular complexity index is 930. The average molecular weight is 489 g/mol. The van der Waals surface area contributed by atoms with E-state index in [2.05, 4.69) is 40.7 Å². The number of carbonyl (C=O) groups is 1. The summed E-state index contributed by atoms with van der Waals surface area (Å²) in [5, 5.41) is 42.9. The van der Waals surface area contributed by atoms with E-state index in [9.17, 15) is 25.2 Å². The molecule has 0 radical (unpaired) electrons. The highest BCUT2D eigenvalue weighted by molar-refractivity contribution is 5.76. The molecule has 0 saturated heterocycles. The SMILES string of the molecule is C[C@H]1[C@H](C)CC[C@@]2(C(=O)O)CC[C@]3(C)C(=CC[C@@H]4[C@@]5(C)C[C@@H](O)[C@H](O)[C@@](C)(CO)[C@@H]5CC[C@]43C)[C@H]12. The third-order valence-corrected chi connectivity index (χ3v) is 13.5. The maximum atomic E-state index is 12.8. The largest absolute Gasteiger partial charge is 0.481 e. The summed E-state index contributed by atoms with van der Waals surface area (Å²) < 4.78 is 0. The van der Waals surface area contributed by atoms with E-state index < -0.39 is 29.0 Å². The van der Waals surface area contributed by atoms with E-state index in [1.165, 1.54) is 5.57 Å². The molecule has 4 N–H and O–H groups in total. The van der Waals surface area contributed by atoms with Gasteiger partial charge in [0.1, 0.15) is 0 Å². The number of hydrogen-bond donors (Lipinski definition) is 4. The lowest BCUT2D eigenvalue weighted by Gasteiger charge is -2.71. The Morgan fingerprint density at radius 1 is 1.00 bits per heavy atom. The molecule has 5 aliphatic carbocycles. The zero-order valence-corrected chi connectivity index (χ0v) is 22.7.